The van der Waals surface area contributed by atoms with E-state index in [4.69, 9.17) is 9.47 Å². The van der Waals surface area contributed by atoms with Gasteiger partial charge in [0, 0.05) is 19.2 Å². The molecule has 0 bridgehead atoms. The Hall–Kier alpha value is -0.100. The van der Waals surface area contributed by atoms with Crippen molar-refractivity contribution in [2.24, 2.45) is 0 Å². The van der Waals surface area contributed by atoms with E-state index in [-0.39, 0.29) is 0 Å². The largest absolute Gasteiger partial charge is 0.494 e. The molecule has 0 radical (unpaired) electrons. The van der Waals surface area contributed by atoms with Gasteiger partial charge in [-0.25, -0.2) is 0 Å². The van der Waals surface area contributed by atoms with E-state index in [9.17, 15) is 0 Å². The number of methoxy groups -OCH3 is 1. The Morgan fingerprint density at radius 3 is 2.63 bits per heavy atom. The van der Waals surface area contributed by atoms with Crippen molar-refractivity contribution in [1.82, 2.24) is 5.32 Å². The van der Waals surface area contributed by atoms with Crippen LogP contribution in [0.5, 0.6) is 5.75 Å². The number of halogens is 2. The fraction of sp³-hybridized carbons (Fsp3) is 0.571. The van der Waals surface area contributed by atoms with E-state index in [1.807, 2.05) is 0 Å². The molecule has 3 nitrogen and oxygen atoms in total. The van der Waals surface area contributed by atoms with Crippen molar-refractivity contribution in [2.75, 3.05) is 13.7 Å². The van der Waals surface area contributed by atoms with Crippen LogP contribution in [0.15, 0.2) is 21.1 Å². The van der Waals surface area contributed by atoms with Crippen LogP contribution in [0.4, 0.5) is 0 Å². The third-order valence-corrected chi connectivity index (χ3v) is 4.59. The van der Waals surface area contributed by atoms with Crippen LogP contribution >= 0.6 is 31.9 Å². The van der Waals surface area contributed by atoms with Gasteiger partial charge in [0.15, 0.2) is 0 Å². The van der Waals surface area contributed by atoms with Crippen molar-refractivity contribution in [2.45, 2.75) is 38.5 Å². The van der Waals surface area contributed by atoms with Crippen LogP contribution in [0.25, 0.3) is 0 Å². The zero-order valence-electron chi connectivity index (χ0n) is 11.2. The van der Waals surface area contributed by atoms with Gasteiger partial charge in [0.1, 0.15) is 5.75 Å². The van der Waals surface area contributed by atoms with Crippen LogP contribution in [-0.4, -0.2) is 25.9 Å². The SMILES string of the molecule is COc1c(Br)cc(CN[C@@H](C)[C@H]2CCCO2)cc1Br. The lowest BCUT2D eigenvalue weighted by atomic mass is 10.1. The van der Waals surface area contributed by atoms with Crippen molar-refractivity contribution in [3.05, 3.63) is 26.6 Å². The van der Waals surface area contributed by atoms with Crippen LogP contribution in [0.2, 0.25) is 0 Å². The molecule has 1 N–H and O–H groups in total. The van der Waals surface area contributed by atoms with E-state index in [1.54, 1.807) is 7.11 Å². The molecular weight excluding hydrogens is 374 g/mol. The van der Waals surface area contributed by atoms with Crippen molar-refractivity contribution < 1.29 is 9.47 Å². The minimum absolute atomic E-state index is 0.352. The summed E-state index contributed by atoms with van der Waals surface area (Å²) in [6.07, 6.45) is 2.69. The molecule has 0 saturated carbocycles. The number of nitrogens with one attached hydrogen (secondary N) is 1. The predicted molar refractivity (Wildman–Crippen MR) is 83.7 cm³/mol. The number of ether oxygens (including phenoxy) is 2. The molecule has 1 saturated heterocycles. The van der Waals surface area contributed by atoms with Gasteiger partial charge < -0.3 is 14.8 Å². The second kappa shape index (κ2) is 7.07. The Morgan fingerprint density at radius 1 is 1.42 bits per heavy atom. The van der Waals surface area contributed by atoms with E-state index in [2.05, 4.69) is 56.2 Å². The molecule has 19 heavy (non-hydrogen) atoms. The number of rotatable bonds is 5. The fourth-order valence-electron chi connectivity index (χ4n) is 2.32. The van der Waals surface area contributed by atoms with Crippen LogP contribution in [-0.2, 0) is 11.3 Å². The van der Waals surface area contributed by atoms with Gasteiger partial charge in [-0.1, -0.05) is 0 Å². The summed E-state index contributed by atoms with van der Waals surface area (Å²) >= 11 is 7.05. The van der Waals surface area contributed by atoms with E-state index < -0.39 is 0 Å². The molecule has 0 aliphatic carbocycles. The Kier molecular flexibility index (Phi) is 5.69. The standard InChI is InChI=1S/C14H19Br2NO2/c1-9(13-4-3-5-19-13)17-8-10-6-11(15)14(18-2)12(16)7-10/h6-7,9,13,17H,3-5,8H2,1-2H3/t9-,13+/m0/s1. The maximum Gasteiger partial charge on any atom is 0.147 e. The van der Waals surface area contributed by atoms with Crippen molar-refractivity contribution in [1.29, 1.82) is 0 Å². The van der Waals surface area contributed by atoms with Crippen LogP contribution in [0.1, 0.15) is 25.3 Å². The highest BCUT2D eigenvalue weighted by atomic mass is 79.9. The summed E-state index contributed by atoms with van der Waals surface area (Å²) in [5.41, 5.74) is 1.21. The summed E-state index contributed by atoms with van der Waals surface area (Å²) in [4.78, 5) is 0. The molecule has 0 unspecified atom stereocenters. The lowest BCUT2D eigenvalue weighted by molar-refractivity contribution is 0.0832. The van der Waals surface area contributed by atoms with Crippen LogP contribution in [0.3, 0.4) is 0 Å². The highest BCUT2D eigenvalue weighted by molar-refractivity contribution is 9.11. The Morgan fingerprint density at radius 2 is 2.11 bits per heavy atom. The molecule has 1 aromatic rings. The molecule has 1 fully saturated rings. The van der Waals surface area contributed by atoms with Gasteiger partial charge in [-0.2, -0.15) is 0 Å². The summed E-state index contributed by atoms with van der Waals surface area (Å²) in [5.74, 6) is 0.830. The minimum atomic E-state index is 0.352. The van der Waals surface area contributed by atoms with Gasteiger partial charge in [-0.15, -0.1) is 0 Å². The molecule has 1 aromatic carbocycles. The zero-order chi connectivity index (χ0) is 13.8. The van der Waals surface area contributed by atoms with E-state index in [1.165, 1.54) is 12.0 Å². The molecule has 2 rings (SSSR count). The van der Waals surface area contributed by atoms with Gasteiger partial charge in [0.25, 0.3) is 0 Å². The van der Waals surface area contributed by atoms with Gasteiger partial charge in [-0.05, 0) is 69.3 Å². The first-order chi connectivity index (χ1) is 9.11. The summed E-state index contributed by atoms with van der Waals surface area (Å²) in [6, 6.07) is 4.54. The molecule has 5 heteroatoms. The van der Waals surface area contributed by atoms with Gasteiger partial charge in [0.2, 0.25) is 0 Å². The Bertz CT molecular complexity index is 410. The minimum Gasteiger partial charge on any atom is -0.494 e. The maximum absolute atomic E-state index is 5.69. The molecule has 106 valence electrons. The van der Waals surface area contributed by atoms with Crippen molar-refractivity contribution >= 4 is 31.9 Å². The van der Waals surface area contributed by atoms with Gasteiger partial charge in [0.05, 0.1) is 22.2 Å². The fourth-order valence-corrected chi connectivity index (χ4v) is 3.92. The molecule has 0 spiro atoms. The summed E-state index contributed by atoms with van der Waals surface area (Å²) in [5, 5.41) is 3.53. The third kappa shape index (κ3) is 3.94. The first-order valence-corrected chi connectivity index (χ1v) is 8.07. The van der Waals surface area contributed by atoms with E-state index in [0.29, 0.717) is 12.1 Å². The summed E-state index contributed by atoms with van der Waals surface area (Å²) < 4.78 is 12.9. The first kappa shape index (κ1) is 15.3. The van der Waals surface area contributed by atoms with E-state index in [0.717, 1.165) is 34.3 Å². The summed E-state index contributed by atoms with van der Waals surface area (Å²) in [7, 11) is 1.67. The molecule has 2 atom stereocenters. The maximum atomic E-state index is 5.69. The van der Waals surface area contributed by atoms with Crippen molar-refractivity contribution in [3.63, 3.8) is 0 Å². The normalized spacial score (nSPS) is 20.5. The van der Waals surface area contributed by atoms with Crippen molar-refractivity contribution in [3.8, 4) is 5.75 Å². The first-order valence-electron chi connectivity index (χ1n) is 6.48. The quantitative estimate of drug-likeness (QED) is 0.824. The smallest absolute Gasteiger partial charge is 0.147 e. The van der Waals surface area contributed by atoms with Gasteiger partial charge >= 0.3 is 0 Å². The molecular formula is C14H19Br2NO2. The Balaban J connectivity index is 1.95. The zero-order valence-corrected chi connectivity index (χ0v) is 14.4. The topological polar surface area (TPSA) is 30.5 Å². The second-order valence-corrected chi connectivity index (χ2v) is 6.52. The summed E-state index contributed by atoms with van der Waals surface area (Å²) in [6.45, 7) is 3.90. The molecule has 1 aliphatic heterocycles. The average molecular weight is 393 g/mol. The lowest BCUT2D eigenvalue weighted by Crippen LogP contribution is -2.36. The number of hydrogen-bond donors (Lipinski definition) is 1. The van der Waals surface area contributed by atoms with E-state index >= 15 is 0 Å². The van der Waals surface area contributed by atoms with Crippen LogP contribution in [0, 0.1) is 0 Å². The highest BCUT2D eigenvalue weighted by Gasteiger charge is 2.21. The predicted octanol–water partition coefficient (Wildman–Crippen LogP) is 3.88. The number of hydrogen-bond acceptors (Lipinski definition) is 3. The molecule has 1 aliphatic rings. The monoisotopic (exact) mass is 391 g/mol. The highest BCUT2D eigenvalue weighted by Crippen LogP contribution is 2.34. The average Bonchev–Trinajstić information content (AvgIpc) is 2.89. The molecule has 1 heterocycles. The lowest BCUT2D eigenvalue weighted by Gasteiger charge is -2.20. The van der Waals surface area contributed by atoms with Gasteiger partial charge in [-0.3, -0.25) is 0 Å². The third-order valence-electron chi connectivity index (χ3n) is 3.41. The molecule has 0 amide bonds. The number of benzene rings is 1. The second-order valence-electron chi connectivity index (χ2n) is 4.81. The molecule has 0 aromatic heterocycles. The van der Waals surface area contributed by atoms with Crippen LogP contribution < -0.4 is 10.1 Å². The Labute approximate surface area is 131 Å².